The van der Waals surface area contributed by atoms with Crippen LogP contribution in [0.3, 0.4) is 0 Å². The number of fused-ring (bicyclic) bond motifs is 14. The van der Waals surface area contributed by atoms with Gasteiger partial charge in [0.05, 0.1) is 0 Å². The second kappa shape index (κ2) is 15.7. The fourth-order valence-electron chi connectivity index (χ4n) is 15.6. The fraction of sp³-hybridized carbons (Fsp3) is 0.0833. The van der Waals surface area contributed by atoms with Crippen LogP contribution in [0.5, 0.6) is 0 Å². The van der Waals surface area contributed by atoms with Gasteiger partial charge in [0.15, 0.2) is 0 Å². The molecule has 0 amide bonds. The summed E-state index contributed by atoms with van der Waals surface area (Å²) in [6.07, 6.45) is 0. The molecule has 4 nitrogen and oxygen atoms in total. The van der Waals surface area contributed by atoms with Crippen molar-refractivity contribution in [3.8, 4) is 44.5 Å². The average molecular weight is 995 g/mol. The van der Waals surface area contributed by atoms with E-state index < -0.39 is 0 Å². The largest absolute Gasteiger partial charge is 0.375 e. The normalized spacial score (nSPS) is 13.4. The van der Waals surface area contributed by atoms with Crippen LogP contribution in [0.1, 0.15) is 33.4 Å². The third kappa shape index (κ3) is 5.71. The Morgan fingerprint density at radius 3 is 1.12 bits per heavy atom. The minimum atomic E-state index is -0.139. The monoisotopic (exact) mass is 994 g/mol. The maximum Gasteiger partial charge on any atom is 0.333 e. The van der Waals surface area contributed by atoms with Crippen molar-refractivity contribution in [3.05, 3.63) is 240 Å². The van der Waals surface area contributed by atoms with Crippen molar-refractivity contribution in [2.24, 2.45) is 0 Å². The van der Waals surface area contributed by atoms with Crippen LogP contribution in [0.2, 0.25) is 0 Å². The van der Waals surface area contributed by atoms with Gasteiger partial charge in [0, 0.05) is 88.9 Å². The van der Waals surface area contributed by atoms with Crippen LogP contribution in [-0.2, 0) is 0 Å². The Morgan fingerprint density at radius 1 is 0.308 bits per heavy atom. The van der Waals surface area contributed by atoms with Crippen LogP contribution >= 0.6 is 0 Å². The van der Waals surface area contributed by atoms with Gasteiger partial charge in [0.2, 0.25) is 0 Å². The number of hydrogen-bond acceptors (Lipinski definition) is 2. The van der Waals surface area contributed by atoms with Crippen molar-refractivity contribution in [2.45, 2.75) is 41.5 Å². The van der Waals surface area contributed by atoms with Crippen LogP contribution < -0.4 is 31.7 Å². The number of nitrogens with zero attached hydrogens (tertiary/aromatic N) is 4. The molecular weight excluding hydrogens is 942 g/mol. The van der Waals surface area contributed by atoms with Crippen molar-refractivity contribution in [1.29, 1.82) is 0 Å². The summed E-state index contributed by atoms with van der Waals surface area (Å²) in [6.45, 7) is 13.3. The van der Waals surface area contributed by atoms with Gasteiger partial charge >= 0.3 is 13.7 Å². The molecular formula is C72H52B2N4. The number of aryl methyl sites for hydroxylation is 6. The molecule has 0 aliphatic carbocycles. The Morgan fingerprint density at radius 2 is 0.692 bits per heavy atom. The standard InChI is InChI=1S/C72H52B2N4/c1-41-31-43(3)67(44(4)32-41)47-35-57-55-27-17-25-53-51-23-13-15-29-61(51)77(71(53)55)73-59-39-60-64(40-63(59)75(65(37-47)69(57)73)49-19-9-7-10-20-49)76(50-21-11-8-12-22-50)66-38-48(68-45(5)33-42(2)34-46(68)6)36-58-56-28-18-26-54-52-24-14-16-30-62(52)78(72(54)56)74(60)70(58)66/h7-40H,1-6H3. The van der Waals surface area contributed by atoms with E-state index in [1.165, 1.54) is 166 Å². The summed E-state index contributed by atoms with van der Waals surface area (Å²) >= 11 is 0. The molecule has 4 aliphatic rings. The van der Waals surface area contributed by atoms with Crippen LogP contribution in [0.15, 0.2) is 206 Å². The predicted molar refractivity (Wildman–Crippen MR) is 333 cm³/mol. The summed E-state index contributed by atoms with van der Waals surface area (Å²) in [5.41, 5.74) is 35.5. The molecule has 11 aromatic carbocycles. The molecule has 0 spiro atoms. The van der Waals surface area contributed by atoms with Gasteiger partial charge in [0.25, 0.3) is 0 Å². The first-order valence-electron chi connectivity index (χ1n) is 27.6. The lowest BCUT2D eigenvalue weighted by atomic mass is 9.41. The zero-order chi connectivity index (χ0) is 52.0. The smallest absolute Gasteiger partial charge is 0.333 e. The summed E-state index contributed by atoms with van der Waals surface area (Å²) in [5, 5.41) is 5.16. The summed E-state index contributed by atoms with van der Waals surface area (Å²) in [6, 6.07) is 79.4. The molecule has 4 aliphatic heterocycles. The zero-order valence-electron chi connectivity index (χ0n) is 44.6. The molecule has 17 rings (SSSR count). The first kappa shape index (κ1) is 43.9. The van der Waals surface area contributed by atoms with Crippen molar-refractivity contribution in [2.75, 3.05) is 9.80 Å². The number of benzene rings is 11. The van der Waals surface area contributed by atoms with Crippen molar-refractivity contribution < 1.29 is 0 Å². The molecule has 6 heteroatoms. The number of hydrogen-bond donors (Lipinski definition) is 0. The van der Waals surface area contributed by atoms with E-state index in [1.807, 2.05) is 0 Å². The van der Waals surface area contributed by atoms with E-state index in [-0.39, 0.29) is 13.7 Å². The van der Waals surface area contributed by atoms with Gasteiger partial charge in [-0.3, -0.25) is 0 Å². The molecule has 2 aromatic heterocycles. The summed E-state index contributed by atoms with van der Waals surface area (Å²) in [5.74, 6) is 0. The summed E-state index contributed by atoms with van der Waals surface area (Å²) in [7, 11) is 0. The van der Waals surface area contributed by atoms with E-state index >= 15 is 0 Å². The molecule has 0 fully saturated rings. The van der Waals surface area contributed by atoms with Gasteiger partial charge in [-0.25, -0.2) is 0 Å². The third-order valence-electron chi connectivity index (χ3n) is 18.1. The van der Waals surface area contributed by atoms with Gasteiger partial charge in [-0.15, -0.1) is 0 Å². The Hall–Kier alpha value is -9.25. The Bertz CT molecular complexity index is 4480. The molecule has 0 unspecified atom stereocenters. The molecule has 6 heterocycles. The topological polar surface area (TPSA) is 16.3 Å². The Labute approximate surface area is 455 Å². The molecule has 366 valence electrons. The minimum absolute atomic E-state index is 0.139. The molecule has 78 heavy (non-hydrogen) atoms. The van der Waals surface area contributed by atoms with Crippen molar-refractivity contribution >= 4 is 113 Å². The number of aromatic nitrogens is 2. The van der Waals surface area contributed by atoms with E-state index in [1.54, 1.807) is 0 Å². The molecule has 0 N–H and O–H groups in total. The number of rotatable bonds is 4. The zero-order valence-corrected chi connectivity index (χ0v) is 44.6. The average Bonchev–Trinajstić information content (AvgIpc) is 3.38. The molecule has 0 saturated carbocycles. The van der Waals surface area contributed by atoms with Crippen molar-refractivity contribution in [1.82, 2.24) is 8.96 Å². The van der Waals surface area contributed by atoms with Gasteiger partial charge in [0.1, 0.15) is 0 Å². The quantitative estimate of drug-likeness (QED) is 0.163. The molecule has 0 bridgehead atoms. The lowest BCUT2D eigenvalue weighted by Gasteiger charge is -2.45. The van der Waals surface area contributed by atoms with E-state index in [0.29, 0.717) is 0 Å². The Kier molecular flexibility index (Phi) is 8.83. The highest BCUT2D eigenvalue weighted by atomic mass is 15.2. The van der Waals surface area contributed by atoms with Crippen LogP contribution in [-0.4, -0.2) is 22.7 Å². The van der Waals surface area contributed by atoms with E-state index in [2.05, 4.69) is 267 Å². The lowest BCUT2D eigenvalue weighted by Crippen LogP contribution is -2.61. The summed E-state index contributed by atoms with van der Waals surface area (Å²) < 4.78 is 5.44. The second-order valence-corrected chi connectivity index (χ2v) is 22.8. The second-order valence-electron chi connectivity index (χ2n) is 22.8. The fourth-order valence-corrected chi connectivity index (χ4v) is 15.6. The van der Waals surface area contributed by atoms with Gasteiger partial charge in [-0.1, -0.05) is 151 Å². The van der Waals surface area contributed by atoms with Gasteiger partial charge in [-0.2, -0.15) is 0 Å². The SMILES string of the molecule is Cc1cc(C)c(-c2cc3c4c(c2)N(c2ccccc2)c2cc5c(cc2B4n2c4ccccc4c4cccc-3c42)B2c3c(cc(-c4c(C)cc(C)cc4C)cc3N5c3ccccc3)-c3cccc4c5ccccc5n2c34)c(C)c1. The number of anilines is 6. The lowest BCUT2D eigenvalue weighted by molar-refractivity contribution is 1.23. The van der Waals surface area contributed by atoms with Crippen molar-refractivity contribution in [3.63, 3.8) is 0 Å². The third-order valence-corrected chi connectivity index (χ3v) is 18.1. The van der Waals surface area contributed by atoms with E-state index in [4.69, 9.17) is 0 Å². The highest BCUT2D eigenvalue weighted by molar-refractivity contribution is 6.93. The minimum Gasteiger partial charge on any atom is -0.375 e. The van der Waals surface area contributed by atoms with E-state index in [9.17, 15) is 0 Å². The Balaban J connectivity index is 1.05. The first-order valence-corrected chi connectivity index (χ1v) is 27.6. The van der Waals surface area contributed by atoms with Gasteiger partial charge in [-0.05, 0) is 186 Å². The van der Waals surface area contributed by atoms with Crippen LogP contribution in [0.25, 0.3) is 88.1 Å². The maximum absolute atomic E-state index is 2.72. The number of para-hydroxylation sites is 6. The first-order chi connectivity index (χ1) is 38.2. The van der Waals surface area contributed by atoms with Gasteiger partial charge < -0.3 is 18.8 Å². The molecule has 0 atom stereocenters. The molecule has 0 saturated heterocycles. The summed E-state index contributed by atoms with van der Waals surface area (Å²) in [4.78, 5) is 5.23. The predicted octanol–water partition coefficient (Wildman–Crippen LogP) is 15.9. The highest BCUT2D eigenvalue weighted by Gasteiger charge is 2.48. The molecule has 0 radical (unpaired) electrons. The highest BCUT2D eigenvalue weighted by Crippen LogP contribution is 2.52. The van der Waals surface area contributed by atoms with Crippen LogP contribution in [0.4, 0.5) is 34.1 Å². The van der Waals surface area contributed by atoms with E-state index in [0.717, 1.165) is 11.4 Å². The van der Waals surface area contributed by atoms with Crippen LogP contribution in [0, 0.1) is 41.5 Å². The molecule has 13 aromatic rings. The maximum atomic E-state index is 2.72.